The lowest BCUT2D eigenvalue weighted by molar-refractivity contribution is -0.142. The molecule has 2 aromatic rings. The number of likely N-dealkylation sites (tertiary alicyclic amines) is 1. The first-order chi connectivity index (χ1) is 12.9. The number of furan rings is 1. The molecular formula is C18H21N5O4. The molecule has 2 aromatic heterocycles. The van der Waals surface area contributed by atoms with Crippen LogP contribution in [-0.4, -0.2) is 69.0 Å². The van der Waals surface area contributed by atoms with Crippen molar-refractivity contribution in [2.75, 3.05) is 31.1 Å². The van der Waals surface area contributed by atoms with Crippen LogP contribution in [0.2, 0.25) is 0 Å². The quantitative estimate of drug-likeness (QED) is 0.766. The smallest absolute Gasteiger partial charge is 0.289 e. The summed E-state index contributed by atoms with van der Waals surface area (Å²) in [6.45, 7) is 2.65. The van der Waals surface area contributed by atoms with E-state index in [1.54, 1.807) is 51.0 Å². The second kappa shape index (κ2) is 6.26. The van der Waals surface area contributed by atoms with Crippen molar-refractivity contribution in [2.24, 2.45) is 7.05 Å². The summed E-state index contributed by atoms with van der Waals surface area (Å²) >= 11 is 0. The van der Waals surface area contributed by atoms with Gasteiger partial charge in [-0.2, -0.15) is 5.10 Å². The van der Waals surface area contributed by atoms with Gasteiger partial charge in [0.25, 0.3) is 5.91 Å². The molecule has 1 spiro atoms. The first kappa shape index (κ1) is 17.3. The summed E-state index contributed by atoms with van der Waals surface area (Å²) < 4.78 is 6.85. The highest BCUT2D eigenvalue weighted by Gasteiger charge is 2.51. The molecule has 0 saturated carbocycles. The fraction of sp³-hybridized carbons (Fsp3) is 0.444. The van der Waals surface area contributed by atoms with Gasteiger partial charge in [0, 0.05) is 33.3 Å². The van der Waals surface area contributed by atoms with Gasteiger partial charge in [-0.15, -0.1) is 0 Å². The summed E-state index contributed by atoms with van der Waals surface area (Å²) in [6.07, 6.45) is 5.47. The molecule has 9 heteroatoms. The second-order valence-corrected chi connectivity index (χ2v) is 7.14. The van der Waals surface area contributed by atoms with Gasteiger partial charge < -0.3 is 19.1 Å². The van der Waals surface area contributed by atoms with E-state index in [0.29, 0.717) is 31.7 Å². The van der Waals surface area contributed by atoms with E-state index in [2.05, 4.69) is 5.10 Å². The average Bonchev–Trinajstić information content (AvgIpc) is 3.37. The molecule has 0 aliphatic carbocycles. The summed E-state index contributed by atoms with van der Waals surface area (Å²) in [5.41, 5.74) is 0.0820. The van der Waals surface area contributed by atoms with Gasteiger partial charge in [0.1, 0.15) is 6.54 Å². The Labute approximate surface area is 156 Å². The maximum atomic E-state index is 12.7. The summed E-state index contributed by atoms with van der Waals surface area (Å²) in [6, 6.07) is 3.30. The Balaban J connectivity index is 1.62. The second-order valence-electron chi connectivity index (χ2n) is 7.14. The number of carbonyl (C=O) groups is 3. The summed E-state index contributed by atoms with van der Waals surface area (Å²) in [4.78, 5) is 42.6. The van der Waals surface area contributed by atoms with Crippen LogP contribution in [0, 0.1) is 0 Å². The van der Waals surface area contributed by atoms with Crippen molar-refractivity contribution in [2.45, 2.75) is 18.9 Å². The minimum absolute atomic E-state index is 0.00693. The molecular weight excluding hydrogens is 350 g/mol. The average molecular weight is 371 g/mol. The van der Waals surface area contributed by atoms with Gasteiger partial charge in [0.15, 0.2) is 5.76 Å². The van der Waals surface area contributed by atoms with Crippen molar-refractivity contribution < 1.29 is 18.8 Å². The minimum atomic E-state index is -0.613. The van der Waals surface area contributed by atoms with Gasteiger partial charge in [-0.05, 0) is 18.6 Å². The molecule has 9 nitrogen and oxygen atoms in total. The molecule has 0 unspecified atom stereocenters. The lowest BCUT2D eigenvalue weighted by Crippen LogP contribution is -2.67. The fourth-order valence-corrected chi connectivity index (χ4v) is 4.02. The van der Waals surface area contributed by atoms with Crippen molar-refractivity contribution in [3.63, 3.8) is 0 Å². The summed E-state index contributed by atoms with van der Waals surface area (Å²) in [7, 11) is 1.79. The molecule has 4 heterocycles. The molecule has 142 valence electrons. The van der Waals surface area contributed by atoms with Gasteiger partial charge in [-0.1, -0.05) is 0 Å². The van der Waals surface area contributed by atoms with Crippen LogP contribution in [-0.2, 0) is 16.6 Å². The van der Waals surface area contributed by atoms with Crippen molar-refractivity contribution >= 4 is 23.4 Å². The normalized spacial score (nSPS) is 22.7. The zero-order valence-corrected chi connectivity index (χ0v) is 15.3. The number of hydrogen-bond acceptors (Lipinski definition) is 5. The monoisotopic (exact) mass is 371 g/mol. The number of rotatable bonds is 2. The largest absolute Gasteiger partial charge is 0.459 e. The van der Waals surface area contributed by atoms with E-state index in [-0.39, 0.29) is 30.0 Å². The number of carbonyl (C=O) groups excluding carboxylic acids is 3. The van der Waals surface area contributed by atoms with Gasteiger partial charge >= 0.3 is 0 Å². The van der Waals surface area contributed by atoms with Gasteiger partial charge in [0.05, 0.1) is 30.2 Å². The minimum Gasteiger partial charge on any atom is -0.459 e. The molecule has 1 atom stereocenters. The van der Waals surface area contributed by atoms with Crippen LogP contribution in [0.4, 0.5) is 5.69 Å². The van der Waals surface area contributed by atoms with E-state index in [9.17, 15) is 14.4 Å². The maximum absolute atomic E-state index is 12.7. The Morgan fingerprint density at radius 2 is 2.11 bits per heavy atom. The molecule has 0 radical (unpaired) electrons. The molecule has 4 rings (SSSR count). The lowest BCUT2D eigenvalue weighted by atomic mass is 9.92. The zero-order chi connectivity index (χ0) is 19.2. The number of amides is 3. The van der Waals surface area contributed by atoms with E-state index in [1.165, 1.54) is 13.2 Å². The summed E-state index contributed by atoms with van der Waals surface area (Å²) in [5.74, 6) is -0.247. The van der Waals surface area contributed by atoms with E-state index in [1.807, 2.05) is 0 Å². The van der Waals surface area contributed by atoms with Crippen LogP contribution < -0.4 is 4.90 Å². The van der Waals surface area contributed by atoms with Crippen LogP contribution in [0.25, 0.3) is 0 Å². The molecule has 0 bridgehead atoms. The molecule has 2 aliphatic rings. The van der Waals surface area contributed by atoms with Crippen LogP contribution in [0.5, 0.6) is 0 Å². The summed E-state index contributed by atoms with van der Waals surface area (Å²) in [5, 5.41) is 4.14. The number of aromatic nitrogens is 2. The number of hydrogen-bond donors (Lipinski definition) is 0. The van der Waals surface area contributed by atoms with Crippen molar-refractivity contribution in [1.29, 1.82) is 0 Å². The maximum Gasteiger partial charge on any atom is 0.289 e. The molecule has 27 heavy (non-hydrogen) atoms. The Morgan fingerprint density at radius 3 is 2.74 bits per heavy atom. The lowest BCUT2D eigenvalue weighted by Gasteiger charge is -2.47. The van der Waals surface area contributed by atoms with E-state index < -0.39 is 5.54 Å². The Morgan fingerprint density at radius 1 is 1.30 bits per heavy atom. The SMILES string of the molecule is CC(=O)N1CC(=O)N(c2cnn(C)c2)C[C@@]12CCN(C(=O)c1ccco1)C2. The third kappa shape index (κ3) is 2.88. The predicted octanol–water partition coefficient (Wildman–Crippen LogP) is 0.493. The number of piperazine rings is 1. The van der Waals surface area contributed by atoms with Crippen molar-refractivity contribution in [3.8, 4) is 0 Å². The number of anilines is 1. The third-order valence-electron chi connectivity index (χ3n) is 5.35. The van der Waals surface area contributed by atoms with E-state index >= 15 is 0 Å². The molecule has 2 saturated heterocycles. The standard InChI is InChI=1S/C18H21N5O4/c1-13(24)23-10-16(25)22(14-8-19-20(2)9-14)12-18(23)5-6-21(11-18)17(26)15-4-3-7-27-15/h3-4,7-9H,5-6,10-12H2,1-2H3/t18-/m0/s1. The number of nitrogens with zero attached hydrogens (tertiary/aromatic N) is 5. The van der Waals surface area contributed by atoms with Gasteiger partial charge in [0.2, 0.25) is 11.8 Å². The zero-order valence-electron chi connectivity index (χ0n) is 15.3. The first-order valence-corrected chi connectivity index (χ1v) is 8.80. The molecule has 2 fully saturated rings. The predicted molar refractivity (Wildman–Crippen MR) is 94.9 cm³/mol. The van der Waals surface area contributed by atoms with Crippen LogP contribution >= 0.6 is 0 Å². The molecule has 2 aliphatic heterocycles. The van der Waals surface area contributed by atoms with Crippen molar-refractivity contribution in [3.05, 3.63) is 36.5 Å². The Bertz CT molecular complexity index is 889. The van der Waals surface area contributed by atoms with Crippen LogP contribution in [0.15, 0.2) is 35.2 Å². The Hall–Kier alpha value is -3.10. The highest BCUT2D eigenvalue weighted by atomic mass is 16.3. The topological polar surface area (TPSA) is 91.9 Å². The number of aryl methyl sites for hydroxylation is 1. The van der Waals surface area contributed by atoms with Crippen LogP contribution in [0.3, 0.4) is 0 Å². The highest BCUT2D eigenvalue weighted by Crippen LogP contribution is 2.35. The van der Waals surface area contributed by atoms with E-state index in [4.69, 9.17) is 4.42 Å². The van der Waals surface area contributed by atoms with Crippen LogP contribution in [0.1, 0.15) is 23.9 Å². The molecule has 0 N–H and O–H groups in total. The van der Waals surface area contributed by atoms with E-state index in [0.717, 1.165) is 0 Å². The Kier molecular flexibility index (Phi) is 4.01. The first-order valence-electron chi connectivity index (χ1n) is 8.80. The van der Waals surface area contributed by atoms with Gasteiger partial charge in [-0.3, -0.25) is 19.1 Å². The van der Waals surface area contributed by atoms with Crippen molar-refractivity contribution in [1.82, 2.24) is 19.6 Å². The van der Waals surface area contributed by atoms with Gasteiger partial charge in [-0.25, -0.2) is 0 Å². The fourth-order valence-electron chi connectivity index (χ4n) is 4.02. The molecule has 3 amide bonds. The third-order valence-corrected chi connectivity index (χ3v) is 5.35. The highest BCUT2D eigenvalue weighted by molar-refractivity contribution is 5.98. The molecule has 0 aromatic carbocycles.